The molecule has 0 aliphatic carbocycles. The van der Waals surface area contributed by atoms with Gasteiger partial charge in [0.2, 0.25) is 0 Å². The van der Waals surface area contributed by atoms with E-state index in [0.29, 0.717) is 12.2 Å². The summed E-state index contributed by atoms with van der Waals surface area (Å²) < 4.78 is 19.1. The van der Waals surface area contributed by atoms with Crippen LogP contribution in [0.25, 0.3) is 0 Å². The van der Waals surface area contributed by atoms with Crippen LogP contribution in [0.3, 0.4) is 0 Å². The molecule has 88 valence electrons. The highest BCUT2D eigenvalue weighted by atomic mass is 19.1. The van der Waals surface area contributed by atoms with E-state index in [9.17, 15) is 4.39 Å². The van der Waals surface area contributed by atoms with Gasteiger partial charge in [-0.25, -0.2) is 4.39 Å². The second-order valence-electron chi connectivity index (χ2n) is 3.97. The monoisotopic (exact) mass is 225 g/mol. The molecule has 2 rings (SSSR count). The first kappa shape index (κ1) is 11.4. The smallest absolute Gasteiger partial charge is 0.165 e. The molecule has 0 radical (unpaired) electrons. The van der Waals surface area contributed by atoms with Crippen LogP contribution >= 0.6 is 0 Å². The fraction of sp³-hybridized carbons (Fsp3) is 0.500. The predicted molar refractivity (Wildman–Crippen MR) is 59.1 cm³/mol. The zero-order chi connectivity index (χ0) is 11.4. The molecule has 1 aliphatic heterocycles. The molecule has 1 fully saturated rings. The largest absolute Gasteiger partial charge is 0.486 e. The van der Waals surface area contributed by atoms with Crippen LogP contribution in [0.5, 0.6) is 5.75 Å². The molecule has 1 aromatic rings. The normalized spacial score (nSPS) is 20.0. The summed E-state index contributed by atoms with van der Waals surface area (Å²) in [6.45, 7) is 1.74. The van der Waals surface area contributed by atoms with Gasteiger partial charge in [-0.3, -0.25) is 0 Å². The topological polar surface area (TPSA) is 41.5 Å². The SMILES string of the molecule is OCCc1ccc(OC2CCNC2)c(F)c1. The Morgan fingerprint density at radius 1 is 1.50 bits per heavy atom. The van der Waals surface area contributed by atoms with Crippen molar-refractivity contribution in [2.75, 3.05) is 19.7 Å². The number of rotatable bonds is 4. The Bertz CT molecular complexity index is 351. The van der Waals surface area contributed by atoms with E-state index in [0.717, 1.165) is 25.1 Å². The number of hydrogen-bond donors (Lipinski definition) is 2. The third-order valence-corrected chi connectivity index (χ3v) is 2.71. The Balaban J connectivity index is 2.03. The fourth-order valence-corrected chi connectivity index (χ4v) is 1.83. The molecule has 3 nitrogen and oxygen atoms in total. The maximum absolute atomic E-state index is 13.6. The average molecular weight is 225 g/mol. The lowest BCUT2D eigenvalue weighted by Crippen LogP contribution is -2.20. The molecule has 1 aromatic carbocycles. The molecule has 0 bridgehead atoms. The quantitative estimate of drug-likeness (QED) is 0.806. The zero-order valence-electron chi connectivity index (χ0n) is 9.08. The summed E-state index contributed by atoms with van der Waals surface area (Å²) in [6.07, 6.45) is 1.46. The van der Waals surface area contributed by atoms with Gasteiger partial charge in [-0.1, -0.05) is 6.07 Å². The number of hydrogen-bond acceptors (Lipinski definition) is 3. The van der Waals surface area contributed by atoms with Crippen molar-refractivity contribution in [2.24, 2.45) is 0 Å². The Morgan fingerprint density at radius 2 is 2.38 bits per heavy atom. The first-order valence-corrected chi connectivity index (χ1v) is 5.56. The molecule has 1 atom stereocenters. The second-order valence-corrected chi connectivity index (χ2v) is 3.97. The van der Waals surface area contributed by atoms with Crippen molar-refractivity contribution < 1.29 is 14.2 Å². The van der Waals surface area contributed by atoms with E-state index in [-0.39, 0.29) is 18.5 Å². The third-order valence-electron chi connectivity index (χ3n) is 2.71. The molecule has 4 heteroatoms. The van der Waals surface area contributed by atoms with Crippen LogP contribution in [0, 0.1) is 5.82 Å². The van der Waals surface area contributed by atoms with Gasteiger partial charge in [0, 0.05) is 13.2 Å². The number of aliphatic hydroxyl groups excluding tert-OH is 1. The molecule has 0 amide bonds. The molecule has 1 saturated heterocycles. The maximum atomic E-state index is 13.6. The lowest BCUT2D eigenvalue weighted by molar-refractivity contribution is 0.213. The highest BCUT2D eigenvalue weighted by Gasteiger charge is 2.17. The van der Waals surface area contributed by atoms with Gasteiger partial charge in [0.1, 0.15) is 6.10 Å². The van der Waals surface area contributed by atoms with Crippen molar-refractivity contribution in [3.63, 3.8) is 0 Å². The lowest BCUT2D eigenvalue weighted by Gasteiger charge is -2.13. The van der Waals surface area contributed by atoms with Crippen LogP contribution in [0.4, 0.5) is 4.39 Å². The van der Waals surface area contributed by atoms with Crippen LogP contribution in [-0.4, -0.2) is 30.9 Å². The van der Waals surface area contributed by atoms with Gasteiger partial charge >= 0.3 is 0 Å². The minimum Gasteiger partial charge on any atom is -0.486 e. The van der Waals surface area contributed by atoms with Gasteiger partial charge in [0.15, 0.2) is 11.6 Å². The number of aliphatic hydroxyl groups is 1. The summed E-state index contributed by atoms with van der Waals surface area (Å²) in [6, 6.07) is 4.85. The van der Waals surface area contributed by atoms with E-state index in [1.54, 1.807) is 12.1 Å². The number of nitrogens with one attached hydrogen (secondary N) is 1. The van der Waals surface area contributed by atoms with Crippen LogP contribution in [0.2, 0.25) is 0 Å². The van der Waals surface area contributed by atoms with Gasteiger partial charge in [0.25, 0.3) is 0 Å². The van der Waals surface area contributed by atoms with Gasteiger partial charge in [0.05, 0.1) is 0 Å². The van der Waals surface area contributed by atoms with Crippen LogP contribution in [0.1, 0.15) is 12.0 Å². The molecule has 16 heavy (non-hydrogen) atoms. The second kappa shape index (κ2) is 5.27. The van der Waals surface area contributed by atoms with Crippen molar-refractivity contribution in [2.45, 2.75) is 18.9 Å². The Labute approximate surface area is 94.2 Å². The highest BCUT2D eigenvalue weighted by molar-refractivity contribution is 5.29. The molecule has 0 spiro atoms. The summed E-state index contributed by atoms with van der Waals surface area (Å²) >= 11 is 0. The van der Waals surface area contributed by atoms with E-state index < -0.39 is 0 Å². The van der Waals surface area contributed by atoms with Gasteiger partial charge in [-0.05, 0) is 37.1 Å². The van der Waals surface area contributed by atoms with E-state index >= 15 is 0 Å². The van der Waals surface area contributed by atoms with Crippen LogP contribution < -0.4 is 10.1 Å². The number of halogens is 1. The average Bonchev–Trinajstić information content (AvgIpc) is 2.75. The maximum Gasteiger partial charge on any atom is 0.165 e. The Kier molecular flexibility index (Phi) is 3.74. The van der Waals surface area contributed by atoms with E-state index in [4.69, 9.17) is 9.84 Å². The van der Waals surface area contributed by atoms with E-state index in [1.807, 2.05) is 0 Å². The van der Waals surface area contributed by atoms with Gasteiger partial charge < -0.3 is 15.2 Å². The van der Waals surface area contributed by atoms with Crippen molar-refractivity contribution >= 4 is 0 Å². The van der Waals surface area contributed by atoms with Crippen molar-refractivity contribution in [3.05, 3.63) is 29.6 Å². The summed E-state index contributed by atoms with van der Waals surface area (Å²) in [5.41, 5.74) is 0.789. The van der Waals surface area contributed by atoms with Crippen LogP contribution in [-0.2, 0) is 6.42 Å². The first-order valence-electron chi connectivity index (χ1n) is 5.56. The summed E-state index contributed by atoms with van der Waals surface area (Å²) in [7, 11) is 0. The third kappa shape index (κ3) is 2.71. The van der Waals surface area contributed by atoms with E-state index in [2.05, 4.69) is 5.32 Å². The minimum atomic E-state index is -0.349. The molecular formula is C12H16FNO2. The number of ether oxygens (including phenoxy) is 1. The number of benzene rings is 1. The van der Waals surface area contributed by atoms with Gasteiger partial charge in [-0.2, -0.15) is 0 Å². The standard InChI is InChI=1S/C12H16FNO2/c13-11-7-9(4-6-15)1-2-12(11)16-10-3-5-14-8-10/h1-2,7,10,14-15H,3-6,8H2. The molecule has 2 N–H and O–H groups in total. The van der Waals surface area contributed by atoms with Crippen molar-refractivity contribution in [1.29, 1.82) is 0 Å². The Morgan fingerprint density at radius 3 is 3.00 bits per heavy atom. The lowest BCUT2D eigenvalue weighted by atomic mass is 10.1. The molecule has 1 heterocycles. The van der Waals surface area contributed by atoms with Crippen molar-refractivity contribution in [3.8, 4) is 5.75 Å². The zero-order valence-corrected chi connectivity index (χ0v) is 9.08. The highest BCUT2D eigenvalue weighted by Crippen LogP contribution is 2.21. The summed E-state index contributed by atoms with van der Waals surface area (Å²) in [5, 5.41) is 11.9. The summed E-state index contributed by atoms with van der Waals surface area (Å²) in [4.78, 5) is 0. The molecule has 0 aromatic heterocycles. The van der Waals surface area contributed by atoms with E-state index in [1.165, 1.54) is 6.07 Å². The van der Waals surface area contributed by atoms with Crippen molar-refractivity contribution in [1.82, 2.24) is 5.32 Å². The van der Waals surface area contributed by atoms with Crippen LogP contribution in [0.15, 0.2) is 18.2 Å². The molecule has 1 unspecified atom stereocenters. The predicted octanol–water partition coefficient (Wildman–Crippen LogP) is 1.10. The van der Waals surface area contributed by atoms with Gasteiger partial charge in [-0.15, -0.1) is 0 Å². The fourth-order valence-electron chi connectivity index (χ4n) is 1.83. The first-order chi connectivity index (χ1) is 7.79. The minimum absolute atomic E-state index is 0.0339. The molecular weight excluding hydrogens is 209 g/mol. The summed E-state index contributed by atoms with van der Waals surface area (Å²) in [5.74, 6) is -0.0479. The molecule has 0 saturated carbocycles. The Hall–Kier alpha value is -1.13. The molecule has 1 aliphatic rings.